The van der Waals surface area contributed by atoms with Crippen LogP contribution in [0.5, 0.6) is 0 Å². The number of carbonyl (C=O) groups excluding carboxylic acids is 1. The van der Waals surface area contributed by atoms with E-state index < -0.39 is 9.84 Å². The van der Waals surface area contributed by atoms with Crippen molar-refractivity contribution in [2.24, 2.45) is 0 Å². The normalized spacial score (nSPS) is 15.4. The summed E-state index contributed by atoms with van der Waals surface area (Å²) in [6, 6.07) is 21.8. The van der Waals surface area contributed by atoms with E-state index in [1.54, 1.807) is 24.3 Å². The first-order chi connectivity index (χ1) is 14.4. The van der Waals surface area contributed by atoms with Crippen molar-refractivity contribution in [3.63, 3.8) is 0 Å². The van der Waals surface area contributed by atoms with Crippen molar-refractivity contribution in [3.05, 3.63) is 83.4 Å². The third kappa shape index (κ3) is 4.89. The summed E-state index contributed by atoms with van der Waals surface area (Å²) in [7, 11) is -3.13. The molecule has 5 nitrogen and oxygen atoms in total. The van der Waals surface area contributed by atoms with Crippen LogP contribution in [0.15, 0.2) is 66.7 Å². The Balaban J connectivity index is 1.40. The summed E-state index contributed by atoms with van der Waals surface area (Å²) < 4.78 is 23.1. The summed E-state index contributed by atoms with van der Waals surface area (Å²) in [5.74, 6) is -0.0809. The fourth-order valence-electron chi connectivity index (χ4n) is 4.06. The number of nitrogens with zero attached hydrogens (tertiary/aromatic N) is 2. The van der Waals surface area contributed by atoms with Gasteiger partial charge in [0.1, 0.15) is 0 Å². The average molecular weight is 423 g/mol. The molecule has 3 aromatic rings. The molecule has 1 aliphatic rings. The first-order valence-corrected chi connectivity index (χ1v) is 12.2. The number of rotatable bonds is 5. The van der Waals surface area contributed by atoms with Gasteiger partial charge in [0.25, 0.3) is 5.91 Å². The Hall–Kier alpha value is -2.70. The quantitative estimate of drug-likeness (QED) is 0.633. The standard InChI is InChI=1S/C24H26N2O3S/c1-30(28,29)18-19-6-4-9-21(16-19)24(27)26-14-12-25(13-15-26)17-22-10-5-8-20-7-2-3-11-23(20)22/h2-11,16H,12-15,17-18H2,1H3. The smallest absolute Gasteiger partial charge is 0.253 e. The molecule has 0 saturated carbocycles. The maximum Gasteiger partial charge on any atom is 0.253 e. The third-order valence-corrected chi connectivity index (χ3v) is 6.39. The van der Waals surface area contributed by atoms with E-state index in [0.717, 1.165) is 19.6 Å². The predicted octanol–water partition coefficient (Wildman–Crippen LogP) is 3.34. The fourth-order valence-corrected chi connectivity index (χ4v) is 4.84. The molecule has 1 fully saturated rings. The number of fused-ring (bicyclic) bond motifs is 1. The van der Waals surface area contributed by atoms with Gasteiger partial charge in [0.05, 0.1) is 5.75 Å². The lowest BCUT2D eigenvalue weighted by Gasteiger charge is -2.35. The largest absolute Gasteiger partial charge is 0.336 e. The fraction of sp³-hybridized carbons (Fsp3) is 0.292. The molecule has 156 valence electrons. The molecule has 1 heterocycles. The third-order valence-electron chi connectivity index (χ3n) is 5.54. The van der Waals surface area contributed by atoms with Gasteiger partial charge in [-0.15, -0.1) is 0 Å². The number of carbonyl (C=O) groups is 1. The van der Waals surface area contributed by atoms with Gasteiger partial charge in [-0.25, -0.2) is 8.42 Å². The zero-order chi connectivity index (χ0) is 21.1. The Labute approximate surface area is 177 Å². The Kier molecular flexibility index (Phi) is 5.88. The molecule has 1 aliphatic heterocycles. The van der Waals surface area contributed by atoms with Gasteiger partial charge in [-0.05, 0) is 34.0 Å². The van der Waals surface area contributed by atoms with Crippen molar-refractivity contribution in [2.75, 3.05) is 32.4 Å². The van der Waals surface area contributed by atoms with Gasteiger partial charge in [0.2, 0.25) is 0 Å². The maximum absolute atomic E-state index is 12.9. The molecule has 0 unspecified atom stereocenters. The first-order valence-electron chi connectivity index (χ1n) is 10.1. The van der Waals surface area contributed by atoms with E-state index in [0.29, 0.717) is 24.2 Å². The van der Waals surface area contributed by atoms with Gasteiger partial charge in [-0.2, -0.15) is 0 Å². The van der Waals surface area contributed by atoms with E-state index in [1.165, 1.54) is 22.6 Å². The van der Waals surface area contributed by atoms with Gasteiger partial charge in [0.15, 0.2) is 9.84 Å². The molecule has 4 rings (SSSR count). The summed E-state index contributed by atoms with van der Waals surface area (Å²) in [5, 5.41) is 2.53. The van der Waals surface area contributed by atoms with E-state index in [-0.39, 0.29) is 11.7 Å². The Morgan fingerprint density at radius 3 is 2.37 bits per heavy atom. The van der Waals surface area contributed by atoms with Crippen molar-refractivity contribution in [1.82, 2.24) is 9.80 Å². The van der Waals surface area contributed by atoms with Gasteiger partial charge in [-0.1, -0.05) is 54.6 Å². The lowest BCUT2D eigenvalue weighted by Crippen LogP contribution is -2.48. The summed E-state index contributed by atoms with van der Waals surface area (Å²) in [6.45, 7) is 3.84. The zero-order valence-electron chi connectivity index (χ0n) is 17.1. The zero-order valence-corrected chi connectivity index (χ0v) is 17.9. The Morgan fingerprint density at radius 2 is 1.60 bits per heavy atom. The van der Waals surface area contributed by atoms with E-state index >= 15 is 0 Å². The van der Waals surface area contributed by atoms with Crippen molar-refractivity contribution < 1.29 is 13.2 Å². The van der Waals surface area contributed by atoms with Crippen molar-refractivity contribution in [2.45, 2.75) is 12.3 Å². The van der Waals surface area contributed by atoms with E-state index in [4.69, 9.17) is 0 Å². The molecule has 0 N–H and O–H groups in total. The van der Waals surface area contributed by atoms with Gasteiger partial charge in [0, 0.05) is 44.5 Å². The molecule has 1 saturated heterocycles. The van der Waals surface area contributed by atoms with Crippen LogP contribution >= 0.6 is 0 Å². The lowest BCUT2D eigenvalue weighted by molar-refractivity contribution is 0.0629. The minimum atomic E-state index is -3.13. The second-order valence-electron chi connectivity index (χ2n) is 7.98. The second kappa shape index (κ2) is 8.58. The van der Waals surface area contributed by atoms with Crippen LogP contribution < -0.4 is 0 Å². The Morgan fingerprint density at radius 1 is 0.900 bits per heavy atom. The molecular weight excluding hydrogens is 396 g/mol. The minimum Gasteiger partial charge on any atom is -0.336 e. The van der Waals surface area contributed by atoms with E-state index in [1.807, 2.05) is 4.90 Å². The topological polar surface area (TPSA) is 57.7 Å². The highest BCUT2D eigenvalue weighted by Gasteiger charge is 2.23. The van der Waals surface area contributed by atoms with Crippen LogP contribution in [0.2, 0.25) is 0 Å². The van der Waals surface area contributed by atoms with Crippen LogP contribution in [0, 0.1) is 0 Å². The second-order valence-corrected chi connectivity index (χ2v) is 10.1. The number of amides is 1. The summed E-state index contributed by atoms with van der Waals surface area (Å²) in [4.78, 5) is 17.2. The molecule has 0 radical (unpaired) electrons. The van der Waals surface area contributed by atoms with Crippen molar-refractivity contribution in [3.8, 4) is 0 Å². The number of sulfone groups is 1. The Bertz CT molecular complexity index is 1160. The first kappa shape index (κ1) is 20.6. The van der Waals surface area contributed by atoms with Gasteiger partial charge >= 0.3 is 0 Å². The van der Waals surface area contributed by atoms with Crippen LogP contribution in [0.25, 0.3) is 10.8 Å². The molecule has 0 bridgehead atoms. The molecule has 30 heavy (non-hydrogen) atoms. The molecule has 0 aromatic heterocycles. The molecular formula is C24H26N2O3S. The van der Waals surface area contributed by atoms with Crippen LogP contribution in [0.3, 0.4) is 0 Å². The highest BCUT2D eigenvalue weighted by atomic mass is 32.2. The number of hydrogen-bond acceptors (Lipinski definition) is 4. The highest BCUT2D eigenvalue weighted by Crippen LogP contribution is 2.21. The molecule has 1 amide bonds. The summed E-state index contributed by atoms with van der Waals surface area (Å²) >= 11 is 0. The molecule has 6 heteroatoms. The van der Waals surface area contributed by atoms with Gasteiger partial charge < -0.3 is 4.90 Å². The highest BCUT2D eigenvalue weighted by molar-refractivity contribution is 7.89. The SMILES string of the molecule is CS(=O)(=O)Cc1cccc(C(=O)N2CCN(Cc3cccc4ccccc34)CC2)c1. The van der Waals surface area contributed by atoms with Gasteiger partial charge in [-0.3, -0.25) is 9.69 Å². The number of piperazine rings is 1. The predicted molar refractivity (Wildman–Crippen MR) is 120 cm³/mol. The van der Waals surface area contributed by atoms with Crippen LogP contribution in [-0.4, -0.2) is 56.6 Å². The van der Waals surface area contributed by atoms with Crippen LogP contribution in [0.4, 0.5) is 0 Å². The van der Waals surface area contributed by atoms with Crippen molar-refractivity contribution in [1.29, 1.82) is 0 Å². The summed E-state index contributed by atoms with van der Waals surface area (Å²) in [5.41, 5.74) is 2.51. The molecule has 0 spiro atoms. The average Bonchev–Trinajstić information content (AvgIpc) is 2.73. The maximum atomic E-state index is 12.9. The number of hydrogen-bond donors (Lipinski definition) is 0. The summed E-state index contributed by atoms with van der Waals surface area (Å²) in [6.07, 6.45) is 1.21. The monoisotopic (exact) mass is 422 g/mol. The van der Waals surface area contributed by atoms with Crippen LogP contribution in [-0.2, 0) is 22.1 Å². The lowest BCUT2D eigenvalue weighted by atomic mass is 10.0. The van der Waals surface area contributed by atoms with Crippen molar-refractivity contribution >= 4 is 26.5 Å². The molecule has 3 aromatic carbocycles. The minimum absolute atomic E-state index is 0.0323. The molecule has 0 atom stereocenters. The number of benzene rings is 3. The van der Waals surface area contributed by atoms with Crippen LogP contribution in [0.1, 0.15) is 21.5 Å². The van der Waals surface area contributed by atoms with E-state index in [2.05, 4.69) is 47.4 Å². The van der Waals surface area contributed by atoms with E-state index in [9.17, 15) is 13.2 Å². The molecule has 0 aliphatic carbocycles.